The number of carbonyl (C=O) groups is 1. The third kappa shape index (κ3) is 4.63. The first-order valence-corrected chi connectivity index (χ1v) is 12.7. The Balaban J connectivity index is 1.37. The molecule has 0 saturated heterocycles. The molecule has 176 valence electrons. The number of amides is 1. The highest BCUT2D eigenvalue weighted by Crippen LogP contribution is 2.36. The van der Waals surface area contributed by atoms with Gasteiger partial charge in [-0.05, 0) is 67.4 Å². The van der Waals surface area contributed by atoms with Crippen molar-refractivity contribution in [3.63, 3.8) is 0 Å². The molecule has 1 heterocycles. The highest BCUT2D eigenvalue weighted by Gasteiger charge is 2.36. The van der Waals surface area contributed by atoms with E-state index in [1.54, 1.807) is 36.4 Å². The smallest absolute Gasteiger partial charge is 0.264 e. The molecular weight excluding hydrogens is 460 g/mol. The Hall–Kier alpha value is -4.10. The normalized spacial score (nSPS) is 14.9. The number of fused-ring (bicyclic) bond motifs is 1. The number of anilines is 2. The minimum atomic E-state index is -3.84. The van der Waals surface area contributed by atoms with E-state index in [0.717, 1.165) is 5.56 Å². The molecule has 5 rings (SSSR count). The second-order valence-electron chi connectivity index (χ2n) is 8.41. The molecule has 0 aliphatic carbocycles. The van der Waals surface area contributed by atoms with Crippen LogP contribution in [0.25, 0.3) is 0 Å². The second-order valence-corrected chi connectivity index (χ2v) is 10.2. The molecule has 6 nitrogen and oxygen atoms in total. The highest BCUT2D eigenvalue weighted by molar-refractivity contribution is 7.92. The van der Waals surface area contributed by atoms with Gasteiger partial charge < -0.3 is 10.1 Å². The van der Waals surface area contributed by atoms with Gasteiger partial charge in [0.1, 0.15) is 11.5 Å². The van der Waals surface area contributed by atoms with Gasteiger partial charge in [-0.3, -0.25) is 9.10 Å². The lowest BCUT2D eigenvalue weighted by Crippen LogP contribution is -2.35. The van der Waals surface area contributed by atoms with Crippen molar-refractivity contribution in [1.29, 1.82) is 0 Å². The Morgan fingerprint density at radius 1 is 0.857 bits per heavy atom. The quantitative estimate of drug-likeness (QED) is 0.371. The largest absolute Gasteiger partial charge is 0.457 e. The summed E-state index contributed by atoms with van der Waals surface area (Å²) in [7, 11) is -3.84. The average Bonchev–Trinajstić information content (AvgIpc) is 3.21. The minimum absolute atomic E-state index is 0.0786. The van der Waals surface area contributed by atoms with Crippen LogP contribution in [0.5, 0.6) is 11.5 Å². The molecular formula is C28H24N2O4S. The Morgan fingerprint density at radius 3 is 2.40 bits per heavy atom. The van der Waals surface area contributed by atoms with Crippen LogP contribution in [0.3, 0.4) is 0 Å². The van der Waals surface area contributed by atoms with E-state index in [1.807, 2.05) is 61.5 Å². The maximum Gasteiger partial charge on any atom is 0.264 e. The summed E-state index contributed by atoms with van der Waals surface area (Å²) in [4.78, 5) is 13.1. The SMILES string of the molecule is CC1Cc2ccccc2N1S(=O)(=O)c1cccc(C(=O)Nc2cccc(Oc3ccccc3)c2)c1. The van der Waals surface area contributed by atoms with Gasteiger partial charge in [-0.2, -0.15) is 0 Å². The second kappa shape index (κ2) is 9.27. The number of para-hydroxylation sites is 2. The number of rotatable bonds is 6. The van der Waals surface area contributed by atoms with Gasteiger partial charge in [0.25, 0.3) is 15.9 Å². The van der Waals surface area contributed by atoms with E-state index in [-0.39, 0.29) is 16.5 Å². The van der Waals surface area contributed by atoms with Gasteiger partial charge in [-0.1, -0.05) is 48.5 Å². The number of ether oxygens (including phenoxy) is 1. The maximum atomic E-state index is 13.5. The van der Waals surface area contributed by atoms with Gasteiger partial charge in [0.05, 0.1) is 10.6 Å². The van der Waals surface area contributed by atoms with Gasteiger partial charge in [0, 0.05) is 23.4 Å². The lowest BCUT2D eigenvalue weighted by Gasteiger charge is -2.24. The molecule has 35 heavy (non-hydrogen) atoms. The van der Waals surface area contributed by atoms with Gasteiger partial charge in [-0.15, -0.1) is 0 Å². The Kier molecular flexibility index (Phi) is 6.01. The Bertz CT molecular complexity index is 1490. The zero-order valence-corrected chi connectivity index (χ0v) is 19.9. The molecule has 1 aliphatic rings. The number of benzene rings is 4. The van der Waals surface area contributed by atoms with Crippen molar-refractivity contribution in [2.45, 2.75) is 24.3 Å². The van der Waals surface area contributed by atoms with Crippen LogP contribution in [-0.4, -0.2) is 20.4 Å². The van der Waals surface area contributed by atoms with Crippen molar-refractivity contribution in [2.24, 2.45) is 0 Å². The molecule has 0 saturated carbocycles. The van der Waals surface area contributed by atoms with Crippen LogP contribution in [-0.2, 0) is 16.4 Å². The van der Waals surface area contributed by atoms with Crippen molar-refractivity contribution in [2.75, 3.05) is 9.62 Å². The summed E-state index contributed by atoms with van der Waals surface area (Å²) in [6, 6.07) is 29.8. The van der Waals surface area contributed by atoms with Gasteiger partial charge in [-0.25, -0.2) is 8.42 Å². The van der Waals surface area contributed by atoms with Crippen LogP contribution in [0.15, 0.2) is 108 Å². The summed E-state index contributed by atoms with van der Waals surface area (Å²) >= 11 is 0. The van der Waals surface area contributed by atoms with E-state index in [4.69, 9.17) is 4.74 Å². The van der Waals surface area contributed by atoms with E-state index in [1.165, 1.54) is 16.4 Å². The average molecular weight is 485 g/mol. The van der Waals surface area contributed by atoms with Crippen LogP contribution >= 0.6 is 0 Å². The van der Waals surface area contributed by atoms with E-state index >= 15 is 0 Å². The molecule has 0 radical (unpaired) electrons. The molecule has 1 atom stereocenters. The third-order valence-electron chi connectivity index (χ3n) is 5.87. The Morgan fingerprint density at radius 2 is 1.57 bits per heavy atom. The molecule has 0 bridgehead atoms. The minimum Gasteiger partial charge on any atom is -0.457 e. The fraction of sp³-hybridized carbons (Fsp3) is 0.107. The lowest BCUT2D eigenvalue weighted by atomic mass is 10.1. The molecule has 4 aromatic rings. The summed E-state index contributed by atoms with van der Waals surface area (Å²) in [5.41, 5.74) is 2.47. The molecule has 1 aliphatic heterocycles. The van der Waals surface area contributed by atoms with Crippen LogP contribution in [0.2, 0.25) is 0 Å². The monoisotopic (exact) mass is 484 g/mol. The molecule has 7 heteroatoms. The van der Waals surface area contributed by atoms with E-state index < -0.39 is 15.9 Å². The summed E-state index contributed by atoms with van der Waals surface area (Å²) in [6.45, 7) is 1.89. The van der Waals surface area contributed by atoms with Gasteiger partial charge in [0.2, 0.25) is 0 Å². The number of hydrogen-bond acceptors (Lipinski definition) is 4. The summed E-state index contributed by atoms with van der Waals surface area (Å²) in [6.07, 6.45) is 0.650. The first-order chi connectivity index (χ1) is 16.9. The molecule has 1 unspecified atom stereocenters. The maximum absolute atomic E-state index is 13.5. The molecule has 0 spiro atoms. The van der Waals surface area contributed by atoms with Crippen molar-refractivity contribution in [3.05, 3.63) is 114 Å². The molecule has 0 fully saturated rings. The molecule has 1 amide bonds. The summed E-state index contributed by atoms with van der Waals surface area (Å²) in [5.74, 6) is 0.854. The molecule has 1 N–H and O–H groups in total. The zero-order chi connectivity index (χ0) is 24.4. The predicted molar refractivity (Wildman–Crippen MR) is 137 cm³/mol. The topological polar surface area (TPSA) is 75.7 Å². The van der Waals surface area contributed by atoms with Gasteiger partial charge >= 0.3 is 0 Å². The first kappa shape index (κ1) is 22.7. The fourth-order valence-corrected chi connectivity index (χ4v) is 6.02. The molecule has 4 aromatic carbocycles. The van der Waals surface area contributed by atoms with E-state index in [0.29, 0.717) is 29.3 Å². The van der Waals surface area contributed by atoms with Crippen LogP contribution in [0, 0.1) is 0 Å². The first-order valence-electron chi connectivity index (χ1n) is 11.3. The van der Waals surface area contributed by atoms with E-state index in [9.17, 15) is 13.2 Å². The van der Waals surface area contributed by atoms with Crippen LogP contribution in [0.1, 0.15) is 22.8 Å². The van der Waals surface area contributed by atoms with Crippen molar-refractivity contribution in [1.82, 2.24) is 0 Å². The number of sulfonamides is 1. The Labute approximate surface area is 204 Å². The van der Waals surface area contributed by atoms with Crippen LogP contribution < -0.4 is 14.4 Å². The van der Waals surface area contributed by atoms with Crippen molar-refractivity contribution >= 4 is 27.3 Å². The standard InChI is InChI=1S/C28H24N2O4S/c1-20-17-21-9-5-6-16-27(21)30(20)35(32,33)26-15-7-10-22(18-26)28(31)29-23-11-8-14-25(19-23)34-24-12-3-2-4-13-24/h2-16,18-20H,17H2,1H3,(H,29,31). The van der Waals surface area contributed by atoms with Crippen molar-refractivity contribution in [3.8, 4) is 11.5 Å². The zero-order valence-electron chi connectivity index (χ0n) is 19.1. The highest BCUT2D eigenvalue weighted by atomic mass is 32.2. The van der Waals surface area contributed by atoms with Crippen molar-refractivity contribution < 1.29 is 17.9 Å². The van der Waals surface area contributed by atoms with Gasteiger partial charge in [0.15, 0.2) is 0 Å². The van der Waals surface area contributed by atoms with E-state index in [2.05, 4.69) is 5.32 Å². The fourth-order valence-electron chi connectivity index (χ4n) is 4.28. The predicted octanol–water partition coefficient (Wildman–Crippen LogP) is 5.87. The third-order valence-corrected chi connectivity index (χ3v) is 7.79. The van der Waals surface area contributed by atoms with Crippen LogP contribution in [0.4, 0.5) is 11.4 Å². The number of hydrogen-bond donors (Lipinski definition) is 1. The number of carbonyl (C=O) groups excluding carboxylic acids is 1. The summed E-state index contributed by atoms with van der Waals surface area (Å²) < 4.78 is 34.4. The lowest BCUT2D eigenvalue weighted by molar-refractivity contribution is 0.102. The molecule has 0 aromatic heterocycles. The summed E-state index contributed by atoms with van der Waals surface area (Å²) in [5, 5.41) is 2.83. The number of nitrogens with zero attached hydrogens (tertiary/aromatic N) is 1. The number of nitrogens with one attached hydrogen (secondary N) is 1.